The van der Waals surface area contributed by atoms with Crippen LogP contribution in [0.1, 0.15) is 17.3 Å². The monoisotopic (exact) mass is 300 g/mol. The van der Waals surface area contributed by atoms with Crippen LogP contribution in [0.3, 0.4) is 0 Å². The third kappa shape index (κ3) is 7.17. The fourth-order valence-corrected chi connectivity index (χ4v) is 1.58. The van der Waals surface area contributed by atoms with Crippen LogP contribution in [0.5, 0.6) is 5.75 Å². The van der Waals surface area contributed by atoms with E-state index < -0.39 is 5.82 Å². The number of carbonyl (C=O) groups excluding carboxylic acids is 1. The van der Waals surface area contributed by atoms with E-state index >= 15 is 0 Å². The summed E-state index contributed by atoms with van der Waals surface area (Å²) in [5.74, 6) is -0.335. The average Bonchev–Trinajstić information content (AvgIpc) is 2.46. The summed E-state index contributed by atoms with van der Waals surface area (Å²) in [4.78, 5) is 11.4. The van der Waals surface area contributed by atoms with Gasteiger partial charge in [-0.3, -0.25) is 4.79 Å². The summed E-state index contributed by atoms with van der Waals surface area (Å²) in [5, 5.41) is 0. The number of carbonyl (C=O) groups is 1. The van der Waals surface area contributed by atoms with Crippen LogP contribution in [0.25, 0.3) is 0 Å². The van der Waals surface area contributed by atoms with Crippen LogP contribution < -0.4 is 4.74 Å². The van der Waals surface area contributed by atoms with Crippen LogP contribution in [-0.4, -0.2) is 52.5 Å². The van der Waals surface area contributed by atoms with Crippen LogP contribution in [0.15, 0.2) is 18.2 Å². The molecule has 0 atom stereocenters. The normalized spacial score (nSPS) is 10.6. The van der Waals surface area contributed by atoms with Gasteiger partial charge < -0.3 is 18.9 Å². The molecule has 0 spiro atoms. The van der Waals surface area contributed by atoms with E-state index in [2.05, 4.69) is 0 Å². The Bertz CT molecular complexity index is 436. The molecular weight excluding hydrogens is 279 g/mol. The number of hydrogen-bond donors (Lipinski definition) is 0. The van der Waals surface area contributed by atoms with Crippen LogP contribution >= 0.6 is 0 Å². The number of Topliss-reactive ketones (excluding diaryl/α,β-unsaturated/α-hetero) is 1. The maximum atomic E-state index is 13.1. The highest BCUT2D eigenvalue weighted by atomic mass is 19.1. The largest absolute Gasteiger partial charge is 0.490 e. The summed E-state index contributed by atoms with van der Waals surface area (Å²) >= 11 is 0. The molecule has 1 aromatic rings. The number of ketones is 1. The molecule has 0 aromatic heterocycles. The van der Waals surface area contributed by atoms with Gasteiger partial charge in [0, 0.05) is 7.11 Å². The minimum atomic E-state index is -0.461. The third-order valence-electron chi connectivity index (χ3n) is 2.61. The maximum Gasteiger partial charge on any atom is 0.163 e. The standard InChI is InChI=1S/C15H21FO5/c1-12(17)14-11-13(16)3-4-15(14)21-10-9-20-8-7-19-6-5-18-2/h3-4,11H,5-10H2,1-2H3. The van der Waals surface area contributed by atoms with Gasteiger partial charge >= 0.3 is 0 Å². The van der Waals surface area contributed by atoms with E-state index in [9.17, 15) is 9.18 Å². The number of halogens is 1. The summed E-state index contributed by atoms with van der Waals surface area (Å²) in [6.07, 6.45) is 0. The molecule has 118 valence electrons. The van der Waals surface area contributed by atoms with Crippen LogP contribution in [0.4, 0.5) is 4.39 Å². The lowest BCUT2D eigenvalue weighted by atomic mass is 10.1. The lowest BCUT2D eigenvalue weighted by Crippen LogP contribution is -2.13. The number of rotatable bonds is 11. The van der Waals surface area contributed by atoms with Crippen molar-refractivity contribution in [3.05, 3.63) is 29.6 Å². The predicted molar refractivity (Wildman–Crippen MR) is 75.4 cm³/mol. The molecule has 0 saturated carbocycles. The first kappa shape index (κ1) is 17.6. The molecule has 0 aliphatic heterocycles. The molecule has 21 heavy (non-hydrogen) atoms. The molecule has 0 radical (unpaired) electrons. The van der Waals surface area contributed by atoms with Gasteiger partial charge in [-0.2, -0.15) is 0 Å². The fraction of sp³-hybridized carbons (Fsp3) is 0.533. The minimum Gasteiger partial charge on any atom is -0.490 e. The van der Waals surface area contributed by atoms with Crippen LogP contribution in [0, 0.1) is 5.82 Å². The first-order chi connectivity index (χ1) is 10.1. The van der Waals surface area contributed by atoms with Crippen molar-refractivity contribution in [2.24, 2.45) is 0 Å². The zero-order valence-corrected chi connectivity index (χ0v) is 12.4. The Hall–Kier alpha value is -1.50. The Kier molecular flexibility index (Phi) is 8.57. The zero-order valence-electron chi connectivity index (χ0n) is 12.4. The van der Waals surface area contributed by atoms with Crippen molar-refractivity contribution in [1.82, 2.24) is 0 Å². The van der Waals surface area contributed by atoms with E-state index in [1.807, 2.05) is 0 Å². The second kappa shape index (κ2) is 10.3. The highest BCUT2D eigenvalue weighted by molar-refractivity contribution is 5.96. The summed E-state index contributed by atoms with van der Waals surface area (Å²) in [6.45, 7) is 4.05. The lowest BCUT2D eigenvalue weighted by molar-refractivity contribution is 0.0179. The van der Waals surface area contributed by atoms with Gasteiger partial charge in [-0.15, -0.1) is 0 Å². The molecule has 1 aromatic carbocycles. The molecule has 6 heteroatoms. The van der Waals surface area contributed by atoms with Gasteiger partial charge in [-0.1, -0.05) is 0 Å². The van der Waals surface area contributed by atoms with Gasteiger partial charge in [0.25, 0.3) is 0 Å². The molecule has 0 aliphatic carbocycles. The number of ether oxygens (including phenoxy) is 4. The number of hydrogen-bond acceptors (Lipinski definition) is 5. The third-order valence-corrected chi connectivity index (χ3v) is 2.61. The van der Waals surface area contributed by atoms with Crippen molar-refractivity contribution in [2.45, 2.75) is 6.92 Å². The van der Waals surface area contributed by atoms with E-state index in [0.717, 1.165) is 0 Å². The Morgan fingerprint density at radius 2 is 1.67 bits per heavy atom. The van der Waals surface area contributed by atoms with E-state index in [1.165, 1.54) is 25.1 Å². The average molecular weight is 300 g/mol. The van der Waals surface area contributed by atoms with Crippen molar-refractivity contribution < 1.29 is 28.1 Å². The second-order valence-corrected chi connectivity index (χ2v) is 4.26. The smallest absolute Gasteiger partial charge is 0.163 e. The molecule has 0 aliphatic rings. The van der Waals surface area contributed by atoms with Gasteiger partial charge in [0.2, 0.25) is 0 Å². The molecule has 1 rings (SSSR count). The van der Waals surface area contributed by atoms with E-state index in [4.69, 9.17) is 18.9 Å². The lowest BCUT2D eigenvalue weighted by Gasteiger charge is -2.10. The van der Waals surface area contributed by atoms with E-state index in [0.29, 0.717) is 38.8 Å². The zero-order chi connectivity index (χ0) is 15.5. The predicted octanol–water partition coefficient (Wildman–Crippen LogP) is 2.09. The topological polar surface area (TPSA) is 54.0 Å². The van der Waals surface area contributed by atoms with Crippen molar-refractivity contribution in [3.63, 3.8) is 0 Å². The maximum absolute atomic E-state index is 13.1. The molecule has 0 heterocycles. The Morgan fingerprint density at radius 1 is 1.05 bits per heavy atom. The molecule has 0 saturated heterocycles. The summed E-state index contributed by atoms with van der Waals surface area (Å²) in [5.41, 5.74) is 0.234. The first-order valence-corrected chi connectivity index (χ1v) is 6.73. The summed E-state index contributed by atoms with van der Waals surface area (Å²) in [6, 6.07) is 3.87. The van der Waals surface area contributed by atoms with Gasteiger partial charge in [0.1, 0.15) is 18.2 Å². The van der Waals surface area contributed by atoms with Crippen molar-refractivity contribution in [3.8, 4) is 5.75 Å². The van der Waals surface area contributed by atoms with Crippen LogP contribution in [0.2, 0.25) is 0 Å². The highest BCUT2D eigenvalue weighted by Crippen LogP contribution is 2.20. The van der Waals surface area contributed by atoms with Crippen molar-refractivity contribution in [1.29, 1.82) is 0 Å². The quantitative estimate of drug-likeness (QED) is 0.463. The van der Waals surface area contributed by atoms with E-state index in [-0.39, 0.29) is 18.0 Å². The highest BCUT2D eigenvalue weighted by Gasteiger charge is 2.09. The molecule has 5 nitrogen and oxygen atoms in total. The molecule has 0 fully saturated rings. The molecular formula is C15H21FO5. The molecule has 0 bridgehead atoms. The Labute approximate surface area is 123 Å². The Balaban J connectivity index is 2.20. The van der Waals surface area contributed by atoms with Gasteiger partial charge in [-0.25, -0.2) is 4.39 Å². The fourth-order valence-electron chi connectivity index (χ4n) is 1.58. The Morgan fingerprint density at radius 3 is 2.29 bits per heavy atom. The van der Waals surface area contributed by atoms with Crippen molar-refractivity contribution >= 4 is 5.78 Å². The van der Waals surface area contributed by atoms with Crippen molar-refractivity contribution in [2.75, 3.05) is 46.8 Å². The molecule has 0 unspecified atom stereocenters. The minimum absolute atomic E-state index is 0.234. The number of methoxy groups -OCH3 is 1. The first-order valence-electron chi connectivity index (χ1n) is 6.73. The molecule has 0 amide bonds. The van der Waals surface area contributed by atoms with E-state index in [1.54, 1.807) is 7.11 Å². The summed E-state index contributed by atoms with van der Waals surface area (Å²) < 4.78 is 33.9. The SMILES string of the molecule is COCCOCCOCCOc1ccc(F)cc1C(C)=O. The van der Waals surface area contributed by atoms with Gasteiger partial charge in [0.05, 0.1) is 38.6 Å². The van der Waals surface area contributed by atoms with Gasteiger partial charge in [0.15, 0.2) is 5.78 Å². The second-order valence-electron chi connectivity index (χ2n) is 4.26. The van der Waals surface area contributed by atoms with Gasteiger partial charge in [-0.05, 0) is 25.1 Å². The van der Waals surface area contributed by atoms with Crippen LogP contribution in [-0.2, 0) is 14.2 Å². The number of benzene rings is 1. The summed E-state index contributed by atoms with van der Waals surface area (Å²) in [7, 11) is 1.61. The molecule has 0 N–H and O–H groups in total.